The van der Waals surface area contributed by atoms with E-state index < -0.39 is 6.10 Å². The van der Waals surface area contributed by atoms with Crippen molar-refractivity contribution in [2.75, 3.05) is 13.2 Å². The summed E-state index contributed by atoms with van der Waals surface area (Å²) in [6.07, 6.45) is 38.0. The van der Waals surface area contributed by atoms with Crippen LogP contribution in [0.15, 0.2) is 0 Å². The normalized spacial score (nSPS) is 12.6. The number of unbranched alkanes of at least 4 members (excludes halogenated alkanes) is 25. The molecule has 0 bridgehead atoms. The summed E-state index contributed by atoms with van der Waals surface area (Å²) in [4.78, 5) is 37.7. The first-order valence-corrected chi connectivity index (χ1v) is 23.3. The van der Waals surface area contributed by atoms with Crippen LogP contribution in [-0.2, 0) is 28.6 Å². The first kappa shape index (κ1) is 51.4. The molecule has 0 saturated heterocycles. The van der Waals surface area contributed by atoms with Gasteiger partial charge < -0.3 is 14.2 Å². The van der Waals surface area contributed by atoms with Crippen LogP contribution < -0.4 is 0 Å². The Morgan fingerprint density at radius 2 is 0.717 bits per heavy atom. The number of carbonyl (C=O) groups is 3. The zero-order valence-electron chi connectivity index (χ0n) is 36.1. The molecule has 1 unspecified atom stereocenters. The van der Waals surface area contributed by atoms with Gasteiger partial charge in [-0.2, -0.15) is 0 Å². The minimum absolute atomic E-state index is 0.0651. The second kappa shape index (κ2) is 40.1. The average molecular weight is 751 g/mol. The molecule has 0 aliphatic rings. The lowest BCUT2D eigenvalue weighted by Crippen LogP contribution is -2.30. The third kappa shape index (κ3) is 39.9. The van der Waals surface area contributed by atoms with E-state index >= 15 is 0 Å². The maximum atomic E-state index is 12.7. The Morgan fingerprint density at radius 3 is 1.08 bits per heavy atom. The third-order valence-corrected chi connectivity index (χ3v) is 10.8. The molecule has 6 nitrogen and oxygen atoms in total. The van der Waals surface area contributed by atoms with E-state index in [9.17, 15) is 14.4 Å². The van der Waals surface area contributed by atoms with Crippen LogP contribution in [0.3, 0.4) is 0 Å². The molecule has 0 aliphatic carbocycles. The van der Waals surface area contributed by atoms with Crippen LogP contribution in [0.2, 0.25) is 0 Å². The van der Waals surface area contributed by atoms with Crippen LogP contribution >= 0.6 is 0 Å². The molecule has 314 valence electrons. The predicted octanol–water partition coefficient (Wildman–Crippen LogP) is 14.6. The SMILES string of the molecule is CCCCCCCCCCCC(=O)OC[C@H](COC(=O)CCCCCCCCCCCCC(C)CC)OC(=O)CCCCCCCCCCCC(C)C. The smallest absolute Gasteiger partial charge is 0.306 e. The van der Waals surface area contributed by atoms with Crippen LogP contribution in [0.25, 0.3) is 0 Å². The minimum atomic E-state index is -0.760. The van der Waals surface area contributed by atoms with Gasteiger partial charge in [0.1, 0.15) is 13.2 Å². The Kier molecular flexibility index (Phi) is 38.9. The highest BCUT2D eigenvalue weighted by Crippen LogP contribution is 2.17. The fraction of sp³-hybridized carbons (Fsp3) is 0.936. The summed E-state index contributed by atoms with van der Waals surface area (Å²) in [6, 6.07) is 0. The molecule has 0 heterocycles. The van der Waals surface area contributed by atoms with E-state index in [0.29, 0.717) is 19.3 Å². The van der Waals surface area contributed by atoms with Crippen molar-refractivity contribution in [3.05, 3.63) is 0 Å². The highest BCUT2D eigenvalue weighted by atomic mass is 16.6. The van der Waals surface area contributed by atoms with Gasteiger partial charge in [0, 0.05) is 19.3 Å². The Hall–Kier alpha value is -1.59. The van der Waals surface area contributed by atoms with Gasteiger partial charge >= 0.3 is 17.9 Å². The topological polar surface area (TPSA) is 78.9 Å². The van der Waals surface area contributed by atoms with Crippen molar-refractivity contribution >= 4 is 17.9 Å². The zero-order valence-corrected chi connectivity index (χ0v) is 36.1. The summed E-state index contributed by atoms with van der Waals surface area (Å²) in [5.74, 6) is 0.816. The summed E-state index contributed by atoms with van der Waals surface area (Å²) in [7, 11) is 0. The summed E-state index contributed by atoms with van der Waals surface area (Å²) >= 11 is 0. The first-order chi connectivity index (χ1) is 25.8. The van der Waals surface area contributed by atoms with Crippen LogP contribution in [0.4, 0.5) is 0 Å². The molecular weight excluding hydrogens is 661 g/mol. The van der Waals surface area contributed by atoms with Crippen LogP contribution in [0, 0.1) is 11.8 Å². The van der Waals surface area contributed by atoms with Crippen molar-refractivity contribution in [2.24, 2.45) is 11.8 Å². The Bertz CT molecular complexity index is 811. The molecule has 0 N–H and O–H groups in total. The van der Waals surface area contributed by atoms with Crippen molar-refractivity contribution in [1.82, 2.24) is 0 Å². The molecular formula is C47H90O6. The van der Waals surface area contributed by atoms with E-state index in [1.165, 1.54) is 141 Å². The molecule has 0 rings (SSSR count). The number of esters is 3. The van der Waals surface area contributed by atoms with Crippen LogP contribution in [0.1, 0.15) is 253 Å². The van der Waals surface area contributed by atoms with E-state index in [1.54, 1.807) is 0 Å². The monoisotopic (exact) mass is 751 g/mol. The lowest BCUT2D eigenvalue weighted by molar-refractivity contribution is -0.167. The van der Waals surface area contributed by atoms with Gasteiger partial charge in [-0.1, -0.05) is 214 Å². The van der Waals surface area contributed by atoms with Gasteiger partial charge in [-0.15, -0.1) is 0 Å². The van der Waals surface area contributed by atoms with Crippen molar-refractivity contribution < 1.29 is 28.6 Å². The number of ether oxygens (including phenoxy) is 3. The van der Waals surface area contributed by atoms with Crippen molar-refractivity contribution in [3.8, 4) is 0 Å². The van der Waals surface area contributed by atoms with Gasteiger partial charge in [0.2, 0.25) is 0 Å². The fourth-order valence-electron chi connectivity index (χ4n) is 6.90. The Labute approximate surface area is 329 Å². The van der Waals surface area contributed by atoms with E-state index in [1.807, 2.05) is 0 Å². The van der Waals surface area contributed by atoms with Gasteiger partial charge in [-0.05, 0) is 31.1 Å². The van der Waals surface area contributed by atoms with Crippen molar-refractivity contribution in [2.45, 2.75) is 259 Å². The molecule has 53 heavy (non-hydrogen) atoms. The van der Waals surface area contributed by atoms with Gasteiger partial charge in [0.25, 0.3) is 0 Å². The quantitative estimate of drug-likeness (QED) is 0.0352. The predicted molar refractivity (Wildman–Crippen MR) is 224 cm³/mol. The van der Waals surface area contributed by atoms with Crippen molar-refractivity contribution in [1.29, 1.82) is 0 Å². The first-order valence-electron chi connectivity index (χ1n) is 23.3. The summed E-state index contributed by atoms with van der Waals surface area (Å²) in [6.45, 7) is 11.3. The molecule has 6 heteroatoms. The Balaban J connectivity index is 4.32. The van der Waals surface area contributed by atoms with Gasteiger partial charge in [0.15, 0.2) is 6.10 Å². The van der Waals surface area contributed by atoms with Gasteiger partial charge in [-0.25, -0.2) is 0 Å². The molecule has 0 radical (unpaired) electrons. The highest BCUT2D eigenvalue weighted by molar-refractivity contribution is 5.71. The number of carbonyl (C=O) groups excluding carboxylic acids is 3. The summed E-state index contributed by atoms with van der Waals surface area (Å²) in [5.41, 5.74) is 0. The zero-order chi connectivity index (χ0) is 39.0. The second-order valence-electron chi connectivity index (χ2n) is 16.8. The fourth-order valence-corrected chi connectivity index (χ4v) is 6.90. The molecule has 0 fully saturated rings. The average Bonchev–Trinajstić information content (AvgIpc) is 3.14. The lowest BCUT2D eigenvalue weighted by Gasteiger charge is -2.18. The molecule has 0 saturated carbocycles. The van der Waals surface area contributed by atoms with E-state index in [2.05, 4.69) is 34.6 Å². The largest absolute Gasteiger partial charge is 0.462 e. The molecule has 0 spiro atoms. The van der Waals surface area contributed by atoms with Crippen LogP contribution in [0.5, 0.6) is 0 Å². The number of hydrogen-bond donors (Lipinski definition) is 0. The maximum Gasteiger partial charge on any atom is 0.306 e. The minimum Gasteiger partial charge on any atom is -0.462 e. The number of rotatable bonds is 41. The summed E-state index contributed by atoms with van der Waals surface area (Å²) in [5, 5.41) is 0. The molecule has 0 aliphatic heterocycles. The molecule has 0 amide bonds. The van der Waals surface area contributed by atoms with Crippen molar-refractivity contribution in [3.63, 3.8) is 0 Å². The number of hydrogen-bond acceptors (Lipinski definition) is 6. The van der Waals surface area contributed by atoms with E-state index in [-0.39, 0.29) is 31.1 Å². The standard InChI is InChI=1S/C47H90O6/c1-6-8-9-10-11-15-22-27-32-37-45(48)51-40-44(53-47(50)39-34-29-24-19-14-16-20-25-30-35-42(3)4)41-52-46(49)38-33-28-23-18-13-12-17-21-26-31-36-43(5)7-2/h42-44H,6-41H2,1-5H3/t43?,44-/m1/s1. The Morgan fingerprint density at radius 1 is 0.396 bits per heavy atom. The van der Waals surface area contributed by atoms with Gasteiger partial charge in [0.05, 0.1) is 0 Å². The maximum absolute atomic E-state index is 12.7. The van der Waals surface area contributed by atoms with Crippen LogP contribution in [-0.4, -0.2) is 37.2 Å². The molecule has 0 aromatic heterocycles. The van der Waals surface area contributed by atoms with E-state index in [4.69, 9.17) is 14.2 Å². The summed E-state index contributed by atoms with van der Waals surface area (Å²) < 4.78 is 16.7. The molecule has 2 atom stereocenters. The third-order valence-electron chi connectivity index (χ3n) is 10.8. The lowest BCUT2D eigenvalue weighted by atomic mass is 9.99. The van der Waals surface area contributed by atoms with Gasteiger partial charge in [-0.3, -0.25) is 14.4 Å². The second-order valence-corrected chi connectivity index (χ2v) is 16.8. The molecule has 0 aromatic carbocycles. The highest BCUT2D eigenvalue weighted by Gasteiger charge is 2.19. The van der Waals surface area contributed by atoms with E-state index in [0.717, 1.165) is 69.6 Å². The molecule has 0 aromatic rings.